The second kappa shape index (κ2) is 30.3. The first-order chi connectivity index (χ1) is 56.2. The molecule has 18 aromatic rings. The molecule has 0 heterocycles. The van der Waals surface area contributed by atoms with Crippen molar-refractivity contribution < 1.29 is 39.4 Å². The first kappa shape index (κ1) is 70.9. The van der Waals surface area contributed by atoms with E-state index in [1.54, 1.807) is 0 Å². The van der Waals surface area contributed by atoms with Gasteiger partial charge in [0, 0.05) is 0 Å². The van der Waals surface area contributed by atoms with E-state index >= 15 is 0 Å². The summed E-state index contributed by atoms with van der Waals surface area (Å²) in [5.41, 5.74) is 22.5. The van der Waals surface area contributed by atoms with Crippen LogP contribution in [-0.2, 0) is 10.8 Å². The molecule has 0 amide bonds. The summed E-state index contributed by atoms with van der Waals surface area (Å²) < 4.78 is 23.2. The van der Waals surface area contributed by atoms with Crippen LogP contribution < -0.4 is 18.9 Å². The van der Waals surface area contributed by atoms with Gasteiger partial charge in [0.15, 0.2) is 0 Å². The highest BCUT2D eigenvalue weighted by Crippen LogP contribution is 2.61. The molecule has 0 spiro atoms. The maximum absolute atomic E-state index is 9.45. The third-order valence-electron chi connectivity index (χ3n) is 23.1. The lowest BCUT2D eigenvalue weighted by Gasteiger charge is -2.35. The largest absolute Gasteiger partial charge is 0.491 e. The van der Waals surface area contributed by atoms with Crippen molar-refractivity contribution >= 4 is 64.6 Å². The van der Waals surface area contributed by atoms with Crippen LogP contribution in [0, 0.1) is 0 Å². The third-order valence-corrected chi connectivity index (χ3v) is 23.1. The summed E-state index contributed by atoms with van der Waals surface area (Å²) in [4.78, 5) is 0. The van der Waals surface area contributed by atoms with E-state index in [-0.39, 0.29) is 52.9 Å². The van der Waals surface area contributed by atoms with E-state index in [1.165, 1.54) is 111 Å². The molecule has 2 aliphatic rings. The van der Waals surface area contributed by atoms with Gasteiger partial charge >= 0.3 is 0 Å². The molecule has 4 N–H and O–H groups in total. The van der Waals surface area contributed by atoms with Gasteiger partial charge in [-0.05, 0) is 285 Å². The predicted molar refractivity (Wildman–Crippen MR) is 465 cm³/mol. The zero-order chi connectivity index (χ0) is 76.7. The van der Waals surface area contributed by atoms with Crippen LogP contribution in [0.3, 0.4) is 0 Å². The molecule has 0 radical (unpaired) electrons. The molecule has 0 unspecified atom stereocenters. The number of aliphatic hydroxyl groups is 4. The van der Waals surface area contributed by atoms with Crippen LogP contribution in [0.15, 0.2) is 364 Å². The Morgan fingerprint density at radius 1 is 0.175 bits per heavy atom. The van der Waals surface area contributed by atoms with Crippen molar-refractivity contribution in [2.24, 2.45) is 0 Å². The maximum atomic E-state index is 9.45. The van der Waals surface area contributed by atoms with Gasteiger partial charge in [-0.15, -0.1) is 0 Å². The van der Waals surface area contributed by atoms with Gasteiger partial charge in [0.1, 0.15) is 49.4 Å². The molecule has 0 atom stereocenters. The molecule has 8 heteroatoms. The fourth-order valence-corrected chi connectivity index (χ4v) is 17.8. The molecule has 0 aromatic heterocycles. The van der Waals surface area contributed by atoms with Crippen molar-refractivity contribution in [2.75, 3.05) is 52.9 Å². The Morgan fingerprint density at radius 2 is 0.395 bits per heavy atom. The molecule has 20 rings (SSSR count). The molecule has 0 saturated heterocycles. The molecule has 0 fully saturated rings. The van der Waals surface area contributed by atoms with Crippen LogP contribution in [0.5, 0.6) is 23.0 Å². The predicted octanol–water partition coefficient (Wildman–Crippen LogP) is 23.2. The molecule has 0 aliphatic heterocycles. The molecular formula is C106H80O8. The quantitative estimate of drug-likeness (QED) is 0.0596. The summed E-state index contributed by atoms with van der Waals surface area (Å²) >= 11 is 0. The Labute approximate surface area is 661 Å². The molecule has 18 aromatic carbocycles. The van der Waals surface area contributed by atoms with Crippen LogP contribution in [-0.4, -0.2) is 73.3 Å². The molecule has 2 aliphatic carbocycles. The first-order valence-corrected chi connectivity index (χ1v) is 39.0. The minimum atomic E-state index is -0.717. The monoisotopic (exact) mass is 1480 g/mol. The Kier molecular flexibility index (Phi) is 18.9. The van der Waals surface area contributed by atoms with Gasteiger partial charge in [0.2, 0.25) is 0 Å². The number of hydrogen-bond donors (Lipinski definition) is 4. The highest BCUT2D eigenvalue weighted by Gasteiger charge is 2.49. The van der Waals surface area contributed by atoms with Crippen molar-refractivity contribution in [1.82, 2.24) is 0 Å². The molecule has 0 saturated carbocycles. The van der Waals surface area contributed by atoms with Gasteiger partial charge in [-0.3, -0.25) is 0 Å². The van der Waals surface area contributed by atoms with Crippen molar-refractivity contribution in [3.8, 4) is 89.8 Å². The summed E-state index contributed by atoms with van der Waals surface area (Å²) in [6.07, 6.45) is 0. The van der Waals surface area contributed by atoms with E-state index in [0.29, 0.717) is 0 Å². The van der Waals surface area contributed by atoms with Crippen LogP contribution in [0.4, 0.5) is 0 Å². The van der Waals surface area contributed by atoms with Gasteiger partial charge in [-0.1, -0.05) is 255 Å². The van der Waals surface area contributed by atoms with E-state index in [2.05, 4.69) is 328 Å². The Morgan fingerprint density at radius 3 is 0.684 bits per heavy atom. The Balaban J connectivity index is 0.000000154. The highest BCUT2D eigenvalue weighted by atomic mass is 16.5. The van der Waals surface area contributed by atoms with Crippen molar-refractivity contribution in [2.45, 2.75) is 10.8 Å². The Bertz CT molecular complexity index is 6300. The number of rotatable bonds is 20. The zero-order valence-corrected chi connectivity index (χ0v) is 62.7. The Hall–Kier alpha value is -13.4. The number of aliphatic hydroxyl groups excluding tert-OH is 4. The first-order valence-electron chi connectivity index (χ1n) is 39.0. The molecule has 114 heavy (non-hydrogen) atoms. The number of benzene rings is 18. The lowest BCUT2D eigenvalue weighted by molar-refractivity contribution is 0.201. The lowest BCUT2D eigenvalue weighted by atomic mass is 9.66. The van der Waals surface area contributed by atoms with Crippen molar-refractivity contribution in [3.05, 3.63) is 408 Å². The summed E-state index contributed by atoms with van der Waals surface area (Å²) in [6, 6.07) is 132. The fourth-order valence-electron chi connectivity index (χ4n) is 17.8. The van der Waals surface area contributed by atoms with Crippen molar-refractivity contribution in [3.63, 3.8) is 0 Å². The minimum absolute atomic E-state index is 0.0307. The summed E-state index contributed by atoms with van der Waals surface area (Å²) in [5.74, 6) is 2.94. The van der Waals surface area contributed by atoms with Crippen molar-refractivity contribution in [1.29, 1.82) is 0 Å². The summed E-state index contributed by atoms with van der Waals surface area (Å²) in [7, 11) is 0. The standard InChI is InChI=1S/C57H42O4.C49H38O4/c58-25-27-60-51-21-15-43-31-49(19-13-45(43)33-51)57(50-20-14-46-34-52(61-28-26-59)22-16-44(46)32-50)55-35-47(41-11-9-37-5-1-3-7-39(37)29-41)17-23-53(55)54-24-18-48(36-56(54)57)42-12-10-38-6-2-4-8-40(38)30-42;50-23-25-52-43-19-13-35-27-41(17-11-37(35)29-43)49(42-18-12-38-30-44(53-26-24-51)20-14-36(38)28-42)47-31-39(33-7-3-1-4-8-33)15-21-45(47)46-22-16-40(32-48(46)49)34-9-5-2-6-10-34/h1-24,29-36,58-59H,25-28H2;1-22,27-32,50-51H,23-26H2. The highest BCUT2D eigenvalue weighted by molar-refractivity contribution is 5.99. The zero-order valence-electron chi connectivity index (χ0n) is 62.7. The third kappa shape index (κ3) is 12.8. The van der Waals surface area contributed by atoms with Crippen LogP contribution >= 0.6 is 0 Å². The van der Waals surface area contributed by atoms with Gasteiger partial charge in [0.25, 0.3) is 0 Å². The van der Waals surface area contributed by atoms with E-state index in [1.807, 2.05) is 36.4 Å². The molecule has 552 valence electrons. The van der Waals surface area contributed by atoms with E-state index < -0.39 is 10.8 Å². The molecule has 0 bridgehead atoms. The van der Waals surface area contributed by atoms with Gasteiger partial charge < -0.3 is 39.4 Å². The lowest BCUT2D eigenvalue weighted by Crippen LogP contribution is -2.28. The molecule has 8 nitrogen and oxygen atoms in total. The second-order valence-corrected chi connectivity index (χ2v) is 29.6. The molecular weight excluding hydrogens is 1400 g/mol. The van der Waals surface area contributed by atoms with E-state index in [0.717, 1.165) is 88.3 Å². The normalized spacial score (nSPS) is 12.8. The minimum Gasteiger partial charge on any atom is -0.491 e. The summed E-state index contributed by atoms with van der Waals surface area (Å²) in [6.45, 7) is 0.864. The van der Waals surface area contributed by atoms with E-state index in [9.17, 15) is 20.4 Å². The maximum Gasteiger partial charge on any atom is 0.120 e. The second-order valence-electron chi connectivity index (χ2n) is 29.6. The van der Waals surface area contributed by atoms with Gasteiger partial charge in [0.05, 0.1) is 37.3 Å². The average molecular weight is 1480 g/mol. The SMILES string of the molecule is OCCOc1ccc2cc(C3(c4ccc5cc(OCCO)ccc5c4)c4cc(-c5ccc6ccccc6c5)ccc4-c4ccc(-c5ccc6ccccc6c5)cc43)ccc2c1.OCCOc1ccc2cc(C3(c4ccc5cc(OCCO)ccc5c4)c4cc(-c5ccccc5)ccc4-c4ccc(-c5ccccc5)cc43)ccc2c1. The van der Waals surface area contributed by atoms with E-state index in [4.69, 9.17) is 18.9 Å². The number of ether oxygens (including phenoxy) is 4. The van der Waals surface area contributed by atoms with Gasteiger partial charge in [-0.2, -0.15) is 0 Å². The fraction of sp³-hybridized carbons (Fsp3) is 0.0943. The number of hydrogen-bond acceptors (Lipinski definition) is 8. The topological polar surface area (TPSA) is 118 Å². The number of fused-ring (bicyclic) bond motifs is 12. The van der Waals surface area contributed by atoms with Crippen LogP contribution in [0.25, 0.3) is 131 Å². The van der Waals surface area contributed by atoms with Crippen LogP contribution in [0.2, 0.25) is 0 Å². The smallest absolute Gasteiger partial charge is 0.120 e. The summed E-state index contributed by atoms with van der Waals surface area (Å²) in [5, 5.41) is 51.2. The van der Waals surface area contributed by atoms with Crippen LogP contribution in [0.1, 0.15) is 44.5 Å². The van der Waals surface area contributed by atoms with Gasteiger partial charge in [-0.25, -0.2) is 0 Å². The average Bonchev–Trinajstić information content (AvgIpc) is 1.53.